The van der Waals surface area contributed by atoms with Gasteiger partial charge in [0.2, 0.25) is 11.8 Å². The lowest BCUT2D eigenvalue weighted by Gasteiger charge is -2.14. The Bertz CT molecular complexity index is 962. The third-order valence-corrected chi connectivity index (χ3v) is 4.12. The standard InChI is InChI=1S/C20H16F2N2O6/c21-20(22)30-15-4-2-1-3-14(15)23-16(25)11-29-19(28)12-5-7-13(8-6-12)24-17(26)9-10-18(24)27/h1-8,20H,9-11H2,(H,23,25). The van der Waals surface area contributed by atoms with Crippen LogP contribution in [0.2, 0.25) is 0 Å². The molecule has 1 saturated heterocycles. The summed E-state index contributed by atoms with van der Waals surface area (Å²) in [5, 5.41) is 2.32. The van der Waals surface area contributed by atoms with Crippen molar-refractivity contribution in [2.45, 2.75) is 19.5 Å². The summed E-state index contributed by atoms with van der Waals surface area (Å²) in [5.41, 5.74) is 0.447. The minimum Gasteiger partial charge on any atom is -0.452 e. The van der Waals surface area contributed by atoms with Crippen molar-refractivity contribution in [3.8, 4) is 5.75 Å². The number of hydrogen-bond acceptors (Lipinski definition) is 6. The molecule has 1 aliphatic heterocycles. The van der Waals surface area contributed by atoms with Gasteiger partial charge in [-0.15, -0.1) is 0 Å². The molecule has 1 fully saturated rings. The summed E-state index contributed by atoms with van der Waals surface area (Å²) in [4.78, 5) is 48.6. The Labute approximate surface area is 169 Å². The third-order valence-electron chi connectivity index (χ3n) is 4.12. The van der Waals surface area contributed by atoms with Gasteiger partial charge < -0.3 is 14.8 Å². The number of rotatable bonds is 7. The molecule has 2 aromatic carbocycles. The maximum absolute atomic E-state index is 12.4. The van der Waals surface area contributed by atoms with Crippen LogP contribution in [0.4, 0.5) is 20.2 Å². The Morgan fingerprint density at radius 2 is 1.63 bits per heavy atom. The van der Waals surface area contributed by atoms with Gasteiger partial charge in [0.1, 0.15) is 5.75 Å². The summed E-state index contributed by atoms with van der Waals surface area (Å²) in [6.45, 7) is -3.72. The summed E-state index contributed by atoms with van der Waals surface area (Å²) in [5.74, 6) is -2.42. The van der Waals surface area contributed by atoms with E-state index < -0.39 is 25.1 Å². The Balaban J connectivity index is 1.56. The lowest BCUT2D eigenvalue weighted by Crippen LogP contribution is -2.28. The van der Waals surface area contributed by atoms with Crippen LogP contribution in [0.1, 0.15) is 23.2 Å². The van der Waals surface area contributed by atoms with Gasteiger partial charge in [0, 0.05) is 12.8 Å². The van der Waals surface area contributed by atoms with E-state index in [9.17, 15) is 28.0 Å². The molecule has 0 unspecified atom stereocenters. The normalized spacial score (nSPS) is 13.5. The Morgan fingerprint density at radius 3 is 2.27 bits per heavy atom. The van der Waals surface area contributed by atoms with E-state index in [1.807, 2.05) is 0 Å². The van der Waals surface area contributed by atoms with Crippen LogP contribution in [0.3, 0.4) is 0 Å². The lowest BCUT2D eigenvalue weighted by atomic mass is 10.2. The molecule has 0 radical (unpaired) electrons. The topological polar surface area (TPSA) is 102 Å². The predicted octanol–water partition coefficient (Wildman–Crippen LogP) is 2.74. The van der Waals surface area contributed by atoms with Crippen molar-refractivity contribution in [2.75, 3.05) is 16.8 Å². The van der Waals surface area contributed by atoms with Crippen LogP contribution in [0.15, 0.2) is 48.5 Å². The monoisotopic (exact) mass is 418 g/mol. The van der Waals surface area contributed by atoms with Crippen molar-refractivity contribution in [1.82, 2.24) is 0 Å². The molecule has 1 aliphatic rings. The van der Waals surface area contributed by atoms with Crippen LogP contribution in [0, 0.1) is 0 Å². The van der Waals surface area contributed by atoms with E-state index in [4.69, 9.17) is 4.74 Å². The van der Waals surface area contributed by atoms with Crippen molar-refractivity contribution in [3.63, 3.8) is 0 Å². The first-order chi connectivity index (χ1) is 14.3. The number of amides is 3. The molecule has 0 atom stereocenters. The molecule has 1 heterocycles. The molecule has 0 bridgehead atoms. The van der Waals surface area contributed by atoms with Gasteiger partial charge in [0.15, 0.2) is 6.61 Å². The fourth-order valence-corrected chi connectivity index (χ4v) is 2.78. The number of imide groups is 1. The number of nitrogens with one attached hydrogen (secondary N) is 1. The highest BCUT2D eigenvalue weighted by atomic mass is 19.3. The van der Waals surface area contributed by atoms with E-state index in [2.05, 4.69) is 10.1 Å². The molecule has 3 rings (SSSR count). The van der Waals surface area contributed by atoms with E-state index in [1.54, 1.807) is 0 Å². The maximum Gasteiger partial charge on any atom is 0.387 e. The van der Waals surface area contributed by atoms with Gasteiger partial charge in [-0.3, -0.25) is 19.3 Å². The minimum absolute atomic E-state index is 0.00292. The van der Waals surface area contributed by atoms with E-state index >= 15 is 0 Å². The van der Waals surface area contributed by atoms with E-state index in [0.717, 1.165) is 4.90 Å². The van der Waals surface area contributed by atoms with Gasteiger partial charge >= 0.3 is 12.6 Å². The number of anilines is 2. The van der Waals surface area contributed by atoms with Gasteiger partial charge in [-0.1, -0.05) is 12.1 Å². The smallest absolute Gasteiger partial charge is 0.387 e. The number of alkyl halides is 2. The van der Waals surface area contributed by atoms with E-state index in [-0.39, 0.29) is 41.7 Å². The summed E-state index contributed by atoms with van der Waals surface area (Å²) in [6, 6.07) is 11.2. The SMILES string of the molecule is O=C(COC(=O)c1ccc(N2C(=O)CCC2=O)cc1)Nc1ccccc1OC(F)F. The van der Waals surface area contributed by atoms with Crippen molar-refractivity contribution in [2.24, 2.45) is 0 Å². The number of benzene rings is 2. The van der Waals surface area contributed by atoms with Crippen LogP contribution in [-0.2, 0) is 19.1 Å². The molecule has 8 nitrogen and oxygen atoms in total. The fraction of sp³-hybridized carbons (Fsp3) is 0.200. The first-order valence-corrected chi connectivity index (χ1v) is 8.82. The molecule has 0 saturated carbocycles. The molecule has 1 N–H and O–H groups in total. The van der Waals surface area contributed by atoms with Crippen LogP contribution in [-0.4, -0.2) is 36.9 Å². The molecule has 156 valence electrons. The molecule has 10 heteroatoms. The average molecular weight is 418 g/mol. The molecule has 0 aliphatic carbocycles. The fourth-order valence-electron chi connectivity index (χ4n) is 2.78. The van der Waals surface area contributed by atoms with Crippen LogP contribution < -0.4 is 15.0 Å². The van der Waals surface area contributed by atoms with Gasteiger partial charge in [-0.2, -0.15) is 8.78 Å². The number of hydrogen-bond donors (Lipinski definition) is 1. The molecule has 3 amide bonds. The van der Waals surface area contributed by atoms with Gasteiger partial charge in [0.05, 0.1) is 16.9 Å². The largest absolute Gasteiger partial charge is 0.452 e. The first kappa shape index (κ1) is 20.9. The van der Waals surface area contributed by atoms with Crippen molar-refractivity contribution in [1.29, 1.82) is 0 Å². The molecule has 0 spiro atoms. The number of para-hydroxylation sites is 2. The van der Waals surface area contributed by atoms with Gasteiger partial charge in [-0.25, -0.2) is 4.79 Å². The van der Waals surface area contributed by atoms with Gasteiger partial charge in [-0.05, 0) is 36.4 Å². The highest BCUT2D eigenvalue weighted by Crippen LogP contribution is 2.25. The zero-order valence-electron chi connectivity index (χ0n) is 15.5. The number of esters is 1. The third kappa shape index (κ3) is 4.96. The molecule has 2 aromatic rings. The highest BCUT2D eigenvalue weighted by molar-refractivity contribution is 6.19. The Hall–Kier alpha value is -3.82. The zero-order valence-corrected chi connectivity index (χ0v) is 15.5. The van der Waals surface area contributed by atoms with Crippen LogP contribution >= 0.6 is 0 Å². The second-order valence-electron chi connectivity index (χ2n) is 6.17. The minimum atomic E-state index is -3.06. The number of carbonyl (C=O) groups excluding carboxylic acids is 4. The number of ether oxygens (including phenoxy) is 2. The molecule has 0 aromatic heterocycles. The highest BCUT2D eigenvalue weighted by Gasteiger charge is 2.30. The van der Waals surface area contributed by atoms with E-state index in [0.29, 0.717) is 5.69 Å². The molecular weight excluding hydrogens is 402 g/mol. The van der Waals surface area contributed by atoms with Crippen LogP contribution in [0.5, 0.6) is 5.75 Å². The number of carbonyl (C=O) groups is 4. The zero-order chi connectivity index (χ0) is 21.7. The average Bonchev–Trinajstić information content (AvgIpc) is 3.05. The number of halogens is 2. The summed E-state index contributed by atoms with van der Waals surface area (Å²) >= 11 is 0. The number of nitrogens with zero attached hydrogens (tertiary/aromatic N) is 1. The van der Waals surface area contributed by atoms with Gasteiger partial charge in [0.25, 0.3) is 5.91 Å². The molecular formula is C20H16F2N2O6. The summed E-state index contributed by atoms with van der Waals surface area (Å²) < 4.78 is 34.0. The Morgan fingerprint density at radius 1 is 1.00 bits per heavy atom. The summed E-state index contributed by atoms with van der Waals surface area (Å²) in [7, 11) is 0. The van der Waals surface area contributed by atoms with E-state index in [1.165, 1.54) is 48.5 Å². The molecule has 30 heavy (non-hydrogen) atoms. The maximum atomic E-state index is 12.4. The van der Waals surface area contributed by atoms with Crippen molar-refractivity contribution in [3.05, 3.63) is 54.1 Å². The Kier molecular flexibility index (Phi) is 6.35. The quantitative estimate of drug-likeness (QED) is 0.548. The second-order valence-corrected chi connectivity index (χ2v) is 6.17. The van der Waals surface area contributed by atoms with Crippen LogP contribution in [0.25, 0.3) is 0 Å². The van der Waals surface area contributed by atoms with Crippen molar-refractivity contribution >= 4 is 35.1 Å². The lowest BCUT2D eigenvalue weighted by molar-refractivity contribution is -0.121. The van der Waals surface area contributed by atoms with Crippen molar-refractivity contribution < 1.29 is 37.4 Å². The summed E-state index contributed by atoms with van der Waals surface area (Å²) in [6.07, 6.45) is 0.284. The predicted molar refractivity (Wildman–Crippen MR) is 100 cm³/mol. The first-order valence-electron chi connectivity index (χ1n) is 8.82. The second kappa shape index (κ2) is 9.12.